The van der Waals surface area contributed by atoms with Crippen molar-refractivity contribution >= 4 is 17.6 Å². The van der Waals surface area contributed by atoms with Gasteiger partial charge in [-0.05, 0) is 44.0 Å². The molecule has 0 aromatic heterocycles. The average Bonchev–Trinajstić information content (AvgIpc) is 2.97. The summed E-state index contributed by atoms with van der Waals surface area (Å²) in [6.45, 7) is 3.06. The first-order chi connectivity index (χ1) is 10.6. The molecule has 0 atom stereocenters. The van der Waals surface area contributed by atoms with Gasteiger partial charge in [-0.25, -0.2) is 0 Å². The number of fused-ring (bicyclic) bond motifs is 1. The maximum absolute atomic E-state index is 12.4. The van der Waals surface area contributed by atoms with Gasteiger partial charge in [0.25, 0.3) is 0 Å². The van der Waals surface area contributed by atoms with E-state index < -0.39 is 5.97 Å². The summed E-state index contributed by atoms with van der Waals surface area (Å²) in [5, 5.41) is 9.00. The molecule has 5 nitrogen and oxygen atoms in total. The van der Waals surface area contributed by atoms with Crippen LogP contribution in [0, 0.1) is 5.92 Å². The van der Waals surface area contributed by atoms with Gasteiger partial charge in [-0.2, -0.15) is 0 Å². The first-order valence-electron chi connectivity index (χ1n) is 7.98. The molecule has 1 N–H and O–H groups in total. The second kappa shape index (κ2) is 6.48. The summed E-state index contributed by atoms with van der Waals surface area (Å²) >= 11 is 0. The predicted octanol–water partition coefficient (Wildman–Crippen LogP) is 1.76. The van der Waals surface area contributed by atoms with Crippen LogP contribution in [-0.2, 0) is 16.0 Å². The van der Waals surface area contributed by atoms with Gasteiger partial charge in [0, 0.05) is 25.2 Å². The van der Waals surface area contributed by atoms with Crippen LogP contribution in [0.1, 0.15) is 24.8 Å². The van der Waals surface area contributed by atoms with E-state index in [9.17, 15) is 9.59 Å². The van der Waals surface area contributed by atoms with Crippen LogP contribution in [0.25, 0.3) is 0 Å². The van der Waals surface area contributed by atoms with Crippen LogP contribution in [0.15, 0.2) is 24.3 Å². The van der Waals surface area contributed by atoms with Crippen molar-refractivity contribution in [1.29, 1.82) is 0 Å². The van der Waals surface area contributed by atoms with Crippen LogP contribution < -0.4 is 4.90 Å². The summed E-state index contributed by atoms with van der Waals surface area (Å²) in [4.78, 5) is 27.5. The third-order valence-electron chi connectivity index (χ3n) is 4.77. The van der Waals surface area contributed by atoms with Crippen molar-refractivity contribution in [2.75, 3.05) is 31.1 Å². The third kappa shape index (κ3) is 3.14. The summed E-state index contributed by atoms with van der Waals surface area (Å²) in [5.41, 5.74) is 2.30. The van der Waals surface area contributed by atoms with Gasteiger partial charge in [0.2, 0.25) is 5.91 Å². The molecule has 1 aromatic carbocycles. The van der Waals surface area contributed by atoms with Gasteiger partial charge in [-0.15, -0.1) is 0 Å². The van der Waals surface area contributed by atoms with Gasteiger partial charge < -0.3 is 14.9 Å². The summed E-state index contributed by atoms with van der Waals surface area (Å²) in [6.07, 6.45) is 2.82. The molecule has 0 bridgehead atoms. The number of anilines is 1. The highest BCUT2D eigenvalue weighted by atomic mass is 16.4. The van der Waals surface area contributed by atoms with E-state index in [0.717, 1.165) is 38.3 Å². The lowest BCUT2D eigenvalue weighted by Gasteiger charge is -2.30. The molecule has 2 aliphatic rings. The fourth-order valence-electron chi connectivity index (χ4n) is 3.39. The van der Waals surface area contributed by atoms with E-state index in [1.807, 2.05) is 23.1 Å². The number of piperidine rings is 1. The van der Waals surface area contributed by atoms with Crippen LogP contribution in [0.5, 0.6) is 0 Å². The highest BCUT2D eigenvalue weighted by Gasteiger charge is 2.27. The van der Waals surface area contributed by atoms with Crippen molar-refractivity contribution in [1.82, 2.24) is 4.90 Å². The molecular formula is C17H22N2O3. The Kier molecular flexibility index (Phi) is 4.43. The van der Waals surface area contributed by atoms with E-state index in [2.05, 4.69) is 11.0 Å². The van der Waals surface area contributed by atoms with E-state index in [0.29, 0.717) is 19.3 Å². The van der Waals surface area contributed by atoms with E-state index in [1.165, 1.54) is 5.56 Å². The molecule has 0 radical (unpaired) electrons. The maximum Gasteiger partial charge on any atom is 0.306 e. The number of carbonyl (C=O) groups excluding carboxylic acids is 1. The molecule has 0 aliphatic carbocycles. The molecule has 0 unspecified atom stereocenters. The quantitative estimate of drug-likeness (QED) is 0.920. The van der Waals surface area contributed by atoms with Crippen molar-refractivity contribution in [3.8, 4) is 0 Å². The largest absolute Gasteiger partial charge is 0.481 e. The Labute approximate surface area is 130 Å². The van der Waals surface area contributed by atoms with Crippen LogP contribution in [0.4, 0.5) is 5.69 Å². The second-order valence-electron chi connectivity index (χ2n) is 6.13. The molecule has 1 saturated heterocycles. The Balaban J connectivity index is 1.49. The van der Waals surface area contributed by atoms with Crippen molar-refractivity contribution < 1.29 is 14.7 Å². The van der Waals surface area contributed by atoms with E-state index in [-0.39, 0.29) is 11.8 Å². The number of rotatable bonds is 4. The lowest BCUT2D eigenvalue weighted by molar-refractivity contribution is -0.143. The summed E-state index contributed by atoms with van der Waals surface area (Å²) < 4.78 is 0. The summed E-state index contributed by atoms with van der Waals surface area (Å²) in [7, 11) is 0. The smallest absolute Gasteiger partial charge is 0.306 e. The van der Waals surface area contributed by atoms with Crippen molar-refractivity contribution in [2.45, 2.75) is 25.7 Å². The predicted molar refractivity (Wildman–Crippen MR) is 83.9 cm³/mol. The van der Waals surface area contributed by atoms with Crippen molar-refractivity contribution in [3.63, 3.8) is 0 Å². The Morgan fingerprint density at radius 2 is 1.86 bits per heavy atom. The lowest BCUT2D eigenvalue weighted by Crippen LogP contribution is -2.39. The molecule has 0 saturated carbocycles. The van der Waals surface area contributed by atoms with Gasteiger partial charge >= 0.3 is 5.97 Å². The molecule has 1 aromatic rings. The normalized spacial score (nSPS) is 19.2. The minimum absolute atomic E-state index is 0.172. The highest BCUT2D eigenvalue weighted by Crippen LogP contribution is 2.28. The van der Waals surface area contributed by atoms with E-state index in [1.54, 1.807) is 0 Å². The van der Waals surface area contributed by atoms with Crippen LogP contribution in [0.3, 0.4) is 0 Å². The average molecular weight is 302 g/mol. The first-order valence-corrected chi connectivity index (χ1v) is 7.98. The molecule has 2 aliphatic heterocycles. The van der Waals surface area contributed by atoms with Gasteiger partial charge in [0.05, 0.1) is 5.92 Å². The van der Waals surface area contributed by atoms with Gasteiger partial charge in [0.1, 0.15) is 0 Å². The zero-order valence-corrected chi connectivity index (χ0v) is 12.7. The number of para-hydroxylation sites is 1. The number of carbonyl (C=O) groups is 2. The third-order valence-corrected chi connectivity index (χ3v) is 4.77. The summed E-state index contributed by atoms with van der Waals surface area (Å²) in [6, 6.07) is 8.08. The first kappa shape index (κ1) is 15.0. The summed E-state index contributed by atoms with van der Waals surface area (Å²) in [5.74, 6) is -0.730. The van der Waals surface area contributed by atoms with Gasteiger partial charge in [-0.3, -0.25) is 9.59 Å². The van der Waals surface area contributed by atoms with E-state index >= 15 is 0 Å². The van der Waals surface area contributed by atoms with Crippen molar-refractivity contribution in [3.05, 3.63) is 29.8 Å². The zero-order valence-electron chi connectivity index (χ0n) is 12.7. The number of likely N-dealkylation sites (tertiary alicyclic amines) is 1. The number of nitrogens with zero attached hydrogens (tertiary/aromatic N) is 2. The van der Waals surface area contributed by atoms with Gasteiger partial charge in [-0.1, -0.05) is 18.2 Å². The van der Waals surface area contributed by atoms with Crippen molar-refractivity contribution in [2.24, 2.45) is 5.92 Å². The number of carboxylic acid groups (broad SMARTS) is 1. The van der Waals surface area contributed by atoms with Crippen LogP contribution in [-0.4, -0.2) is 48.1 Å². The number of aliphatic carboxylic acids is 1. The molecule has 2 heterocycles. The Morgan fingerprint density at radius 1 is 1.14 bits per heavy atom. The Hall–Kier alpha value is -1.88. The standard InChI is InChI=1S/C17H22N2O3/c20-16(19-12-7-13-3-1-2-4-15(13)19)8-11-18-9-5-14(6-10-18)17(21)22/h1-4,14H,5-12H2,(H,21,22). The zero-order chi connectivity index (χ0) is 15.5. The molecular weight excluding hydrogens is 280 g/mol. The fourth-order valence-corrected chi connectivity index (χ4v) is 3.39. The number of hydrogen-bond acceptors (Lipinski definition) is 3. The molecule has 1 amide bonds. The monoisotopic (exact) mass is 302 g/mol. The Morgan fingerprint density at radius 3 is 2.59 bits per heavy atom. The SMILES string of the molecule is O=C(O)C1CCN(CCC(=O)N2CCc3ccccc32)CC1. The topological polar surface area (TPSA) is 60.9 Å². The molecule has 3 rings (SSSR count). The number of amides is 1. The second-order valence-corrected chi connectivity index (χ2v) is 6.13. The highest BCUT2D eigenvalue weighted by molar-refractivity contribution is 5.95. The maximum atomic E-state index is 12.4. The number of carboxylic acids is 1. The van der Waals surface area contributed by atoms with Crippen LogP contribution >= 0.6 is 0 Å². The molecule has 5 heteroatoms. The van der Waals surface area contributed by atoms with E-state index in [4.69, 9.17) is 5.11 Å². The fraction of sp³-hybridized carbons (Fsp3) is 0.529. The van der Waals surface area contributed by atoms with Crippen LogP contribution in [0.2, 0.25) is 0 Å². The minimum Gasteiger partial charge on any atom is -0.481 e. The molecule has 0 spiro atoms. The lowest BCUT2D eigenvalue weighted by atomic mass is 9.97. The number of hydrogen-bond donors (Lipinski definition) is 1. The van der Waals surface area contributed by atoms with Gasteiger partial charge in [0.15, 0.2) is 0 Å². The molecule has 118 valence electrons. The minimum atomic E-state index is -0.690. The molecule has 1 fully saturated rings. The molecule has 22 heavy (non-hydrogen) atoms. The number of benzene rings is 1. The Bertz CT molecular complexity index is 565.